The number of rotatable bonds is 24. The highest BCUT2D eigenvalue weighted by Crippen LogP contribution is 2.59. The van der Waals surface area contributed by atoms with Crippen molar-refractivity contribution in [1.29, 1.82) is 0 Å². The van der Waals surface area contributed by atoms with Gasteiger partial charge in [-0.1, -0.05) is 97.8 Å². The van der Waals surface area contributed by atoms with Gasteiger partial charge in [-0.05, 0) is 52.3 Å². The molecule has 0 aromatic rings. The van der Waals surface area contributed by atoms with E-state index in [9.17, 15) is 0 Å². The normalized spacial score (nSPS) is 12.4. The number of hydrogen-bond acceptors (Lipinski definition) is 1. The van der Waals surface area contributed by atoms with Crippen LogP contribution in [0.5, 0.6) is 0 Å². The average molecular weight is 446 g/mol. The lowest BCUT2D eigenvalue weighted by Gasteiger charge is -2.28. The van der Waals surface area contributed by atoms with E-state index in [2.05, 4.69) is 27.7 Å². The van der Waals surface area contributed by atoms with Crippen LogP contribution in [0.15, 0.2) is 0 Å². The van der Waals surface area contributed by atoms with Crippen molar-refractivity contribution >= 4 is 16.2 Å². The first kappa shape index (κ1) is 29.6. The van der Waals surface area contributed by atoms with E-state index in [1.165, 1.54) is 116 Å². The van der Waals surface area contributed by atoms with E-state index in [-0.39, 0.29) is 9.43 Å². The second kappa shape index (κ2) is 23.3. The van der Waals surface area contributed by atoms with E-state index in [0.717, 1.165) is 6.61 Å². The topological polar surface area (TPSA) is 9.23 Å². The smallest absolute Gasteiger partial charge is 0.341 e. The van der Waals surface area contributed by atoms with Crippen molar-refractivity contribution in [3.8, 4) is 0 Å². The molecule has 0 unspecified atom stereocenters. The monoisotopic (exact) mass is 445 g/mol. The van der Waals surface area contributed by atoms with Crippen LogP contribution in [0.1, 0.15) is 143 Å². The molecule has 0 bridgehead atoms. The number of hydrogen-bond donors (Lipinski definition) is 0. The third kappa shape index (κ3) is 19.0. The maximum atomic E-state index is 6.27. The highest BCUT2D eigenvalue weighted by Gasteiger charge is 2.36. The van der Waals surface area contributed by atoms with Gasteiger partial charge in [-0.15, -0.1) is 0 Å². The fraction of sp³-hybridized carbons (Fsp3) is 1.00. The summed E-state index contributed by atoms with van der Waals surface area (Å²) < 4.78 is 6.27. The molecule has 1 nitrogen and oxygen atoms in total. The van der Waals surface area contributed by atoms with Gasteiger partial charge in [0.05, 0.1) is 0 Å². The Labute approximate surface area is 189 Å². The summed E-state index contributed by atoms with van der Waals surface area (Å²) in [5, 5.41) is 0. The van der Waals surface area contributed by atoms with E-state index in [1.807, 2.05) is 0 Å². The molecule has 0 radical (unpaired) electrons. The molecule has 0 atom stereocenters. The van der Waals surface area contributed by atoms with Crippen LogP contribution in [-0.2, 0) is 4.43 Å². The van der Waals surface area contributed by atoms with Gasteiger partial charge in [-0.2, -0.15) is 0 Å². The maximum Gasteiger partial charge on any atom is 0.341 e. The molecule has 176 valence electrons. The molecule has 0 aliphatic rings. The Morgan fingerprint density at radius 3 is 1.07 bits per heavy atom. The Bertz CT molecular complexity index is 270. The summed E-state index contributed by atoms with van der Waals surface area (Å²) in [4.78, 5) is 0. The van der Waals surface area contributed by atoms with E-state index >= 15 is 0 Å². The summed E-state index contributed by atoms with van der Waals surface area (Å²) in [6.45, 7) is 9.41. The lowest BCUT2D eigenvalue weighted by molar-refractivity contribution is 0.370. The molecule has 0 aromatic heterocycles. The lowest BCUT2D eigenvalue weighted by atomic mass is 10.1. The third-order valence-corrected chi connectivity index (χ3v) is 16.5. The second-order valence-corrected chi connectivity index (χ2v) is 18.9. The Balaban J connectivity index is 4.52. The van der Waals surface area contributed by atoms with Gasteiger partial charge in [-0.3, -0.25) is 0 Å². The molecule has 29 heavy (non-hydrogen) atoms. The Kier molecular flexibility index (Phi) is 23.8. The summed E-state index contributed by atoms with van der Waals surface area (Å²) in [6, 6.07) is 0. The molecule has 0 saturated carbocycles. The molecule has 3 heteroatoms. The predicted molar refractivity (Wildman–Crippen MR) is 142 cm³/mol. The van der Waals surface area contributed by atoms with Crippen LogP contribution in [0.3, 0.4) is 0 Å². The molecule has 0 aromatic carbocycles. The van der Waals surface area contributed by atoms with Gasteiger partial charge < -0.3 is 4.43 Å². The van der Waals surface area contributed by atoms with Crippen LogP contribution < -0.4 is 0 Å². The molecule has 0 aliphatic carbocycles. The SMILES string of the molecule is CCCCCCCC[P+](CCCCCCCC)(CCCCCCCC)[SiH2]OCC. The fourth-order valence-electron chi connectivity index (χ4n) is 4.50. The van der Waals surface area contributed by atoms with Gasteiger partial charge >= 0.3 is 9.43 Å². The quantitative estimate of drug-likeness (QED) is 0.0817. The molecule has 0 saturated heterocycles. The first-order chi connectivity index (χ1) is 14.2. The Morgan fingerprint density at radius 1 is 0.448 bits per heavy atom. The van der Waals surface area contributed by atoms with E-state index in [0.29, 0.717) is 0 Å². The van der Waals surface area contributed by atoms with Crippen LogP contribution in [0.4, 0.5) is 0 Å². The van der Waals surface area contributed by atoms with Gasteiger partial charge in [0.25, 0.3) is 0 Å². The van der Waals surface area contributed by atoms with E-state index in [4.69, 9.17) is 4.43 Å². The van der Waals surface area contributed by atoms with Gasteiger partial charge in [-0.25, -0.2) is 0 Å². The molecule has 0 spiro atoms. The minimum absolute atomic E-state index is 0.302. The van der Waals surface area contributed by atoms with Crippen LogP contribution in [0.2, 0.25) is 0 Å². The molecule has 0 N–H and O–H groups in total. The fourth-order valence-corrected chi connectivity index (χ4v) is 13.7. The zero-order valence-corrected chi connectivity index (χ0v) is 23.4. The summed E-state index contributed by atoms with van der Waals surface area (Å²) >= 11 is 0. The summed E-state index contributed by atoms with van der Waals surface area (Å²) in [6.07, 6.45) is 30.9. The second-order valence-electron chi connectivity index (χ2n) is 9.44. The van der Waals surface area contributed by atoms with Crippen molar-refractivity contribution in [1.82, 2.24) is 0 Å². The molecule has 0 amide bonds. The number of unbranched alkanes of at least 4 members (excludes halogenated alkanes) is 15. The molecule has 0 rings (SSSR count). The minimum atomic E-state index is -0.763. The summed E-state index contributed by atoms with van der Waals surface area (Å²) in [5.41, 5.74) is 0. The largest absolute Gasteiger partial charge is 0.390 e. The van der Waals surface area contributed by atoms with E-state index < -0.39 is 6.81 Å². The molecule has 0 aliphatic heterocycles. The van der Waals surface area contributed by atoms with E-state index in [1.54, 1.807) is 18.5 Å². The zero-order chi connectivity index (χ0) is 21.5. The minimum Gasteiger partial charge on any atom is -0.390 e. The molecular weight excluding hydrogens is 387 g/mol. The van der Waals surface area contributed by atoms with Crippen molar-refractivity contribution in [2.24, 2.45) is 0 Å². The highest BCUT2D eigenvalue weighted by molar-refractivity contribution is 7.99. The van der Waals surface area contributed by atoms with Gasteiger partial charge in [0.2, 0.25) is 0 Å². The average Bonchev–Trinajstić information content (AvgIpc) is 2.74. The van der Waals surface area contributed by atoms with Crippen LogP contribution in [0, 0.1) is 0 Å². The standard InChI is InChI=1S/C26H58OPSi/c1-5-9-12-15-18-21-24-28(29-27-8-4,25-22-19-16-13-10-6-2)26-23-20-17-14-11-7-3/h5-26,29H2,1-4H3/q+1. The van der Waals surface area contributed by atoms with Crippen molar-refractivity contribution in [3.63, 3.8) is 0 Å². The van der Waals surface area contributed by atoms with Crippen molar-refractivity contribution in [2.45, 2.75) is 143 Å². The predicted octanol–water partition coefficient (Wildman–Crippen LogP) is 9.12. The first-order valence-electron chi connectivity index (χ1n) is 13.7. The van der Waals surface area contributed by atoms with Crippen LogP contribution in [-0.4, -0.2) is 34.5 Å². The summed E-state index contributed by atoms with van der Waals surface area (Å²) in [7, 11) is -0.302. The molecular formula is C26H58OPSi+. The van der Waals surface area contributed by atoms with Crippen LogP contribution in [0.25, 0.3) is 0 Å². The van der Waals surface area contributed by atoms with Gasteiger partial charge in [0.1, 0.15) is 0 Å². The Hall–Kier alpha value is 0.607. The van der Waals surface area contributed by atoms with Gasteiger partial charge in [0, 0.05) is 25.1 Å². The summed E-state index contributed by atoms with van der Waals surface area (Å²) in [5.74, 6) is 0. The highest BCUT2D eigenvalue weighted by atomic mass is 31.4. The lowest BCUT2D eigenvalue weighted by Crippen LogP contribution is -2.18. The zero-order valence-electron chi connectivity index (χ0n) is 21.1. The van der Waals surface area contributed by atoms with Crippen molar-refractivity contribution in [3.05, 3.63) is 0 Å². The molecule has 0 fully saturated rings. The van der Waals surface area contributed by atoms with Gasteiger partial charge in [0.15, 0.2) is 0 Å². The van der Waals surface area contributed by atoms with Crippen molar-refractivity contribution < 1.29 is 4.43 Å². The third-order valence-electron chi connectivity index (χ3n) is 6.53. The Morgan fingerprint density at radius 2 is 0.759 bits per heavy atom. The van der Waals surface area contributed by atoms with Crippen molar-refractivity contribution in [2.75, 3.05) is 25.1 Å². The first-order valence-corrected chi connectivity index (χ1v) is 18.7. The maximum absolute atomic E-state index is 6.27. The van der Waals surface area contributed by atoms with Crippen LogP contribution >= 0.6 is 6.81 Å². The molecule has 0 heterocycles.